The number of hydrogen-bond donors (Lipinski definition) is 1. The smallest absolute Gasteiger partial charge is 0.217 e. The fourth-order valence-electron chi connectivity index (χ4n) is 1.95. The molecule has 5 heteroatoms. The molecule has 1 heterocycles. The molecule has 0 fully saturated rings. The van der Waals surface area contributed by atoms with E-state index in [9.17, 15) is 5.11 Å². The van der Waals surface area contributed by atoms with Gasteiger partial charge in [-0.25, -0.2) is 9.97 Å². The molecule has 1 aromatic heterocycles. The highest BCUT2D eigenvalue weighted by atomic mass is 31.0. The number of aromatic nitrogens is 2. The van der Waals surface area contributed by atoms with Gasteiger partial charge >= 0.3 is 0 Å². The zero-order chi connectivity index (χ0) is 15.3. The number of benzene rings is 1. The normalized spacial score (nSPS) is 13.0. The number of hydrogen-bond acceptors (Lipinski definition) is 4. The Balaban J connectivity index is 2.33. The molecule has 0 aliphatic heterocycles. The largest absolute Gasteiger partial charge is 0.464 e. The molecule has 1 N–H and O–H groups in total. The van der Waals surface area contributed by atoms with Gasteiger partial charge in [-0.05, 0) is 24.7 Å². The molecule has 0 saturated carbocycles. The lowest BCUT2D eigenvalue weighted by atomic mass is 9.92. The van der Waals surface area contributed by atoms with Crippen LogP contribution in [0.15, 0.2) is 36.7 Å². The average Bonchev–Trinajstić information content (AvgIpc) is 2.48. The van der Waals surface area contributed by atoms with Crippen LogP contribution in [0.5, 0.6) is 5.88 Å². The second kappa shape index (κ2) is 6.67. The quantitative estimate of drug-likeness (QED) is 0.689. The van der Waals surface area contributed by atoms with Gasteiger partial charge < -0.3 is 9.84 Å². The third-order valence-corrected chi connectivity index (χ3v) is 3.60. The van der Waals surface area contributed by atoms with Crippen LogP contribution in [0.2, 0.25) is 0 Å². The summed E-state index contributed by atoms with van der Waals surface area (Å²) in [6.45, 7) is 3.71. The Morgan fingerprint density at radius 1 is 1.33 bits per heavy atom. The highest BCUT2D eigenvalue weighted by Gasteiger charge is 2.29. The second-order valence-corrected chi connectivity index (χ2v) is 5.24. The van der Waals surface area contributed by atoms with Gasteiger partial charge in [-0.3, -0.25) is 0 Å². The van der Waals surface area contributed by atoms with Crippen molar-refractivity contribution in [1.29, 1.82) is 0 Å². The van der Waals surface area contributed by atoms with E-state index >= 15 is 0 Å². The van der Waals surface area contributed by atoms with Crippen molar-refractivity contribution < 1.29 is 9.84 Å². The molecule has 0 radical (unpaired) electrons. The van der Waals surface area contributed by atoms with Crippen molar-refractivity contribution in [2.75, 3.05) is 6.61 Å². The summed E-state index contributed by atoms with van der Waals surface area (Å²) >= 11 is 0. The monoisotopic (exact) mass is 300 g/mol. The van der Waals surface area contributed by atoms with E-state index in [1.807, 2.05) is 24.3 Å². The van der Waals surface area contributed by atoms with Gasteiger partial charge in [-0.2, -0.15) is 0 Å². The zero-order valence-corrected chi connectivity index (χ0v) is 13.2. The maximum atomic E-state index is 10.8. The molecule has 0 spiro atoms. The van der Waals surface area contributed by atoms with Gasteiger partial charge in [0.05, 0.1) is 5.69 Å². The SMILES string of the molecule is CC#CCOc1cc(C(C)(O)c2ccccc2P)ncn1. The molecular formula is C16H17N2O2P. The highest BCUT2D eigenvalue weighted by molar-refractivity contribution is 7.27. The number of rotatable bonds is 4. The minimum Gasteiger partial charge on any atom is -0.464 e. The average molecular weight is 300 g/mol. The fraction of sp³-hybridized carbons (Fsp3) is 0.250. The first kappa shape index (κ1) is 15.4. The van der Waals surface area contributed by atoms with Gasteiger partial charge in [-0.1, -0.05) is 30.2 Å². The summed E-state index contributed by atoms with van der Waals surface area (Å²) < 4.78 is 5.41. The predicted molar refractivity (Wildman–Crippen MR) is 85.4 cm³/mol. The number of nitrogens with zero attached hydrogens (tertiary/aromatic N) is 2. The molecule has 2 atom stereocenters. The Morgan fingerprint density at radius 3 is 2.81 bits per heavy atom. The van der Waals surface area contributed by atoms with E-state index in [1.54, 1.807) is 19.9 Å². The topological polar surface area (TPSA) is 55.2 Å². The molecule has 21 heavy (non-hydrogen) atoms. The Morgan fingerprint density at radius 2 is 2.10 bits per heavy atom. The summed E-state index contributed by atoms with van der Waals surface area (Å²) in [7, 11) is 2.62. The van der Waals surface area contributed by atoms with Gasteiger partial charge in [0, 0.05) is 6.07 Å². The minimum absolute atomic E-state index is 0.259. The van der Waals surface area contributed by atoms with E-state index in [2.05, 4.69) is 31.0 Å². The van der Waals surface area contributed by atoms with Crippen molar-refractivity contribution in [3.8, 4) is 17.7 Å². The predicted octanol–water partition coefficient (Wildman–Crippen LogP) is 1.63. The molecule has 0 bridgehead atoms. The van der Waals surface area contributed by atoms with Crippen LogP contribution in [0.1, 0.15) is 25.1 Å². The van der Waals surface area contributed by atoms with Crippen molar-refractivity contribution in [3.05, 3.63) is 47.9 Å². The van der Waals surface area contributed by atoms with E-state index in [1.165, 1.54) is 6.33 Å². The van der Waals surface area contributed by atoms with Gasteiger partial charge in [0.25, 0.3) is 0 Å². The third-order valence-electron chi connectivity index (χ3n) is 3.09. The molecule has 2 aromatic rings. The standard InChI is InChI=1S/C16H17N2O2P/c1-3-4-9-20-15-10-14(17-11-18-15)16(2,19)12-7-5-6-8-13(12)21/h5-8,10-11,19H,9,21H2,1-2H3. The van der Waals surface area contributed by atoms with Crippen molar-refractivity contribution >= 4 is 14.5 Å². The lowest BCUT2D eigenvalue weighted by Gasteiger charge is -2.25. The Kier molecular flexibility index (Phi) is 4.90. The first-order valence-corrected chi connectivity index (χ1v) is 7.05. The van der Waals surface area contributed by atoms with Crippen LogP contribution >= 0.6 is 9.24 Å². The molecule has 2 unspecified atom stereocenters. The van der Waals surface area contributed by atoms with Gasteiger partial charge in [-0.15, -0.1) is 15.2 Å². The van der Waals surface area contributed by atoms with Crippen LogP contribution in [0.4, 0.5) is 0 Å². The first-order chi connectivity index (χ1) is 10.1. The second-order valence-electron chi connectivity index (χ2n) is 4.62. The van der Waals surface area contributed by atoms with E-state index < -0.39 is 5.60 Å². The van der Waals surface area contributed by atoms with Crippen molar-refractivity contribution in [2.45, 2.75) is 19.4 Å². The maximum Gasteiger partial charge on any atom is 0.217 e. The Bertz CT molecular complexity index is 690. The van der Waals surface area contributed by atoms with Crippen molar-refractivity contribution in [1.82, 2.24) is 9.97 Å². The van der Waals surface area contributed by atoms with E-state index in [-0.39, 0.29) is 6.61 Å². The van der Waals surface area contributed by atoms with Crippen molar-refractivity contribution in [3.63, 3.8) is 0 Å². The summed E-state index contributed by atoms with van der Waals surface area (Å²) in [6, 6.07) is 9.22. The number of ether oxygens (including phenoxy) is 1. The third kappa shape index (κ3) is 3.58. The van der Waals surface area contributed by atoms with Gasteiger partial charge in [0.2, 0.25) is 5.88 Å². The van der Waals surface area contributed by atoms with Gasteiger partial charge in [0.15, 0.2) is 6.61 Å². The summed E-state index contributed by atoms with van der Waals surface area (Å²) in [6.07, 6.45) is 1.38. The first-order valence-electron chi connectivity index (χ1n) is 6.48. The number of aliphatic hydroxyl groups is 1. The van der Waals surface area contributed by atoms with E-state index in [0.29, 0.717) is 11.6 Å². The van der Waals surface area contributed by atoms with Crippen LogP contribution in [0.25, 0.3) is 0 Å². The molecule has 0 aliphatic carbocycles. The van der Waals surface area contributed by atoms with E-state index in [4.69, 9.17) is 4.74 Å². The molecule has 0 aliphatic rings. The molecular weight excluding hydrogens is 283 g/mol. The fourth-order valence-corrected chi connectivity index (χ4v) is 2.43. The molecule has 0 saturated heterocycles. The van der Waals surface area contributed by atoms with Crippen LogP contribution in [-0.4, -0.2) is 21.7 Å². The lowest BCUT2D eigenvalue weighted by Crippen LogP contribution is -2.28. The van der Waals surface area contributed by atoms with Crippen molar-refractivity contribution in [2.24, 2.45) is 0 Å². The molecule has 4 nitrogen and oxygen atoms in total. The lowest BCUT2D eigenvalue weighted by molar-refractivity contribution is 0.0978. The highest BCUT2D eigenvalue weighted by Crippen LogP contribution is 2.28. The molecule has 0 amide bonds. The minimum atomic E-state index is -1.23. The molecule has 2 rings (SSSR count). The summed E-state index contributed by atoms with van der Waals surface area (Å²) in [5.74, 6) is 5.94. The molecule has 1 aromatic carbocycles. The summed E-state index contributed by atoms with van der Waals surface area (Å²) in [4.78, 5) is 8.19. The van der Waals surface area contributed by atoms with Crippen LogP contribution in [0.3, 0.4) is 0 Å². The van der Waals surface area contributed by atoms with Gasteiger partial charge in [0.1, 0.15) is 11.9 Å². The maximum absolute atomic E-state index is 10.8. The Hall–Kier alpha value is -1.95. The molecule has 108 valence electrons. The summed E-state index contributed by atoms with van der Waals surface area (Å²) in [5.41, 5.74) is 0.0235. The van der Waals surface area contributed by atoms with Crippen LogP contribution < -0.4 is 10.0 Å². The van der Waals surface area contributed by atoms with Crippen LogP contribution in [0, 0.1) is 11.8 Å². The van der Waals surface area contributed by atoms with E-state index in [0.717, 1.165) is 10.9 Å². The Labute approximate surface area is 126 Å². The van der Waals surface area contributed by atoms with Crippen LogP contribution in [-0.2, 0) is 5.60 Å². The summed E-state index contributed by atoms with van der Waals surface area (Å²) in [5, 5.41) is 11.8. The zero-order valence-electron chi connectivity index (χ0n) is 12.0.